The molecule has 2 aliphatic rings. The van der Waals surface area contributed by atoms with Crippen LogP contribution in [0, 0.1) is 6.92 Å². The van der Waals surface area contributed by atoms with Gasteiger partial charge in [0.1, 0.15) is 24.7 Å². The molecule has 0 saturated carbocycles. The number of amides is 3. The highest BCUT2D eigenvalue weighted by Crippen LogP contribution is 2.38. The average Bonchev–Trinajstić information content (AvgIpc) is 3.18. The quantitative estimate of drug-likeness (QED) is 0.627. The van der Waals surface area contributed by atoms with Gasteiger partial charge in [0.05, 0.1) is 36.7 Å². The zero-order chi connectivity index (χ0) is 23.5. The lowest BCUT2D eigenvalue weighted by atomic mass is 9.95. The molecule has 2 aromatic rings. The first kappa shape index (κ1) is 22.2. The summed E-state index contributed by atoms with van der Waals surface area (Å²) in [7, 11) is 1.51. The Morgan fingerprint density at radius 2 is 2.00 bits per heavy atom. The number of para-hydroxylation sites is 1. The van der Waals surface area contributed by atoms with Crippen molar-refractivity contribution < 1.29 is 28.6 Å². The SMILES string of the molecule is CCOc1ccccc1[C@H]1NC(=O)N(CC(=O)Nc2cc(C)ccc2OC)C2=C1C(=O)OC2. The van der Waals surface area contributed by atoms with Gasteiger partial charge in [0, 0.05) is 5.56 Å². The Balaban J connectivity index is 1.62. The second kappa shape index (κ2) is 9.23. The molecule has 1 atom stereocenters. The number of carbonyl (C=O) groups is 3. The molecular weight excluding hydrogens is 426 g/mol. The molecule has 0 radical (unpaired) electrons. The Morgan fingerprint density at radius 1 is 1.21 bits per heavy atom. The first-order chi connectivity index (χ1) is 15.9. The van der Waals surface area contributed by atoms with E-state index in [1.807, 2.05) is 26.0 Å². The molecule has 2 heterocycles. The summed E-state index contributed by atoms with van der Waals surface area (Å²) in [5, 5.41) is 5.60. The third kappa shape index (κ3) is 4.34. The lowest BCUT2D eigenvalue weighted by Gasteiger charge is -2.33. The van der Waals surface area contributed by atoms with Crippen LogP contribution in [0.2, 0.25) is 0 Å². The standard InChI is InChI=1S/C24H25N3O6/c1-4-32-18-8-6-5-7-15(18)22-21-17(13-33-23(21)29)27(24(30)26-22)12-20(28)25-16-11-14(2)9-10-19(16)31-3/h5-11,22H,4,12-13H2,1-3H3,(H,25,28)(H,26,30)/t22-/m1/s1. The molecule has 0 bridgehead atoms. The zero-order valence-corrected chi connectivity index (χ0v) is 18.6. The molecule has 9 heteroatoms. The largest absolute Gasteiger partial charge is 0.495 e. The van der Waals surface area contributed by atoms with Gasteiger partial charge in [-0.15, -0.1) is 0 Å². The number of urea groups is 1. The van der Waals surface area contributed by atoms with Crippen LogP contribution in [0.1, 0.15) is 24.1 Å². The van der Waals surface area contributed by atoms with E-state index in [0.29, 0.717) is 40.6 Å². The Morgan fingerprint density at radius 3 is 2.76 bits per heavy atom. The molecule has 0 fully saturated rings. The van der Waals surface area contributed by atoms with E-state index >= 15 is 0 Å². The Hall–Kier alpha value is -4.01. The van der Waals surface area contributed by atoms with E-state index in [1.54, 1.807) is 30.3 Å². The topological polar surface area (TPSA) is 106 Å². The Kier molecular flexibility index (Phi) is 6.21. The van der Waals surface area contributed by atoms with Crippen molar-refractivity contribution in [3.63, 3.8) is 0 Å². The maximum atomic E-state index is 13.0. The predicted molar refractivity (Wildman–Crippen MR) is 120 cm³/mol. The fourth-order valence-electron chi connectivity index (χ4n) is 3.97. The second-order valence-corrected chi connectivity index (χ2v) is 7.63. The number of methoxy groups -OCH3 is 1. The van der Waals surface area contributed by atoms with Crippen LogP contribution in [0.15, 0.2) is 53.7 Å². The van der Waals surface area contributed by atoms with Crippen molar-refractivity contribution in [2.24, 2.45) is 0 Å². The lowest BCUT2D eigenvalue weighted by molar-refractivity contribution is -0.136. The highest BCUT2D eigenvalue weighted by molar-refractivity contribution is 6.00. The van der Waals surface area contributed by atoms with Crippen LogP contribution in [0.5, 0.6) is 11.5 Å². The summed E-state index contributed by atoms with van der Waals surface area (Å²) in [4.78, 5) is 39.7. The minimum Gasteiger partial charge on any atom is -0.495 e. The number of hydrogen-bond donors (Lipinski definition) is 2. The van der Waals surface area contributed by atoms with Crippen LogP contribution in [0.4, 0.5) is 10.5 Å². The zero-order valence-electron chi connectivity index (χ0n) is 18.6. The molecule has 2 aliphatic heterocycles. The Bertz CT molecular complexity index is 1140. The van der Waals surface area contributed by atoms with Gasteiger partial charge < -0.3 is 24.8 Å². The predicted octanol–water partition coefficient (Wildman–Crippen LogP) is 2.92. The van der Waals surface area contributed by atoms with Crippen LogP contribution in [0.3, 0.4) is 0 Å². The van der Waals surface area contributed by atoms with Crippen molar-refractivity contribution in [2.75, 3.05) is 32.2 Å². The normalized spacial score (nSPS) is 17.3. The van der Waals surface area contributed by atoms with E-state index in [2.05, 4.69) is 10.6 Å². The molecule has 4 rings (SSSR count). The number of benzene rings is 2. The van der Waals surface area contributed by atoms with Crippen molar-refractivity contribution in [2.45, 2.75) is 19.9 Å². The van der Waals surface area contributed by atoms with Crippen LogP contribution < -0.4 is 20.1 Å². The summed E-state index contributed by atoms with van der Waals surface area (Å²) in [5.41, 5.74) is 2.75. The molecule has 9 nitrogen and oxygen atoms in total. The van der Waals surface area contributed by atoms with Crippen LogP contribution in [-0.4, -0.2) is 49.7 Å². The fraction of sp³-hybridized carbons (Fsp3) is 0.292. The monoisotopic (exact) mass is 451 g/mol. The van der Waals surface area contributed by atoms with Gasteiger partial charge in [-0.2, -0.15) is 0 Å². The van der Waals surface area contributed by atoms with Crippen LogP contribution in [-0.2, 0) is 14.3 Å². The van der Waals surface area contributed by atoms with Gasteiger partial charge in [-0.1, -0.05) is 24.3 Å². The number of nitrogens with zero attached hydrogens (tertiary/aromatic N) is 1. The molecule has 172 valence electrons. The molecule has 0 aromatic heterocycles. The van der Waals surface area contributed by atoms with Crippen molar-refractivity contribution in [3.05, 3.63) is 64.9 Å². The minimum atomic E-state index is -0.735. The second-order valence-electron chi connectivity index (χ2n) is 7.63. The molecule has 0 saturated heterocycles. The van der Waals surface area contributed by atoms with E-state index in [1.165, 1.54) is 12.0 Å². The maximum absolute atomic E-state index is 13.0. The third-order valence-corrected chi connectivity index (χ3v) is 5.46. The number of aryl methyl sites for hydroxylation is 1. The van der Waals surface area contributed by atoms with E-state index in [0.717, 1.165) is 5.56 Å². The number of nitrogens with one attached hydrogen (secondary N) is 2. The molecule has 0 aliphatic carbocycles. The first-order valence-corrected chi connectivity index (χ1v) is 10.6. The van der Waals surface area contributed by atoms with Crippen LogP contribution >= 0.6 is 0 Å². The Labute approximate surface area is 191 Å². The number of esters is 1. The number of ether oxygens (including phenoxy) is 3. The van der Waals surface area contributed by atoms with Gasteiger partial charge in [-0.05, 0) is 37.6 Å². The van der Waals surface area contributed by atoms with E-state index in [9.17, 15) is 14.4 Å². The molecule has 0 spiro atoms. The number of rotatable bonds is 7. The lowest BCUT2D eigenvalue weighted by Crippen LogP contribution is -2.49. The van der Waals surface area contributed by atoms with Crippen molar-refractivity contribution >= 4 is 23.6 Å². The summed E-state index contributed by atoms with van der Waals surface area (Å²) < 4.78 is 16.2. The minimum absolute atomic E-state index is 0.0874. The highest BCUT2D eigenvalue weighted by Gasteiger charge is 2.43. The van der Waals surface area contributed by atoms with Gasteiger partial charge >= 0.3 is 12.0 Å². The summed E-state index contributed by atoms with van der Waals surface area (Å²) >= 11 is 0. The maximum Gasteiger partial charge on any atom is 0.338 e. The number of carbonyl (C=O) groups excluding carboxylic acids is 3. The molecule has 3 amide bonds. The van der Waals surface area contributed by atoms with E-state index in [4.69, 9.17) is 14.2 Å². The van der Waals surface area contributed by atoms with E-state index in [-0.39, 0.29) is 13.2 Å². The van der Waals surface area contributed by atoms with Gasteiger partial charge in [-0.25, -0.2) is 9.59 Å². The van der Waals surface area contributed by atoms with Gasteiger partial charge in [0.15, 0.2) is 0 Å². The smallest absolute Gasteiger partial charge is 0.338 e. The molecule has 33 heavy (non-hydrogen) atoms. The van der Waals surface area contributed by atoms with Crippen LogP contribution in [0.25, 0.3) is 0 Å². The van der Waals surface area contributed by atoms with E-state index < -0.39 is 23.9 Å². The summed E-state index contributed by atoms with van der Waals surface area (Å²) in [6, 6.07) is 11.3. The van der Waals surface area contributed by atoms with Gasteiger partial charge in [-0.3, -0.25) is 9.69 Å². The fourth-order valence-corrected chi connectivity index (χ4v) is 3.97. The number of anilines is 1. The van der Waals surface area contributed by atoms with Crippen molar-refractivity contribution in [1.82, 2.24) is 10.2 Å². The number of hydrogen-bond acceptors (Lipinski definition) is 6. The van der Waals surface area contributed by atoms with Gasteiger partial charge in [0.25, 0.3) is 0 Å². The molecule has 0 unspecified atom stereocenters. The summed E-state index contributed by atoms with van der Waals surface area (Å²) in [5.74, 6) is 0.0963. The molecular formula is C24H25N3O6. The summed E-state index contributed by atoms with van der Waals surface area (Å²) in [6.45, 7) is 3.80. The third-order valence-electron chi connectivity index (χ3n) is 5.46. The highest BCUT2D eigenvalue weighted by atomic mass is 16.5. The average molecular weight is 451 g/mol. The number of cyclic esters (lactones) is 1. The van der Waals surface area contributed by atoms with Crippen molar-refractivity contribution in [3.8, 4) is 11.5 Å². The molecule has 2 aromatic carbocycles. The van der Waals surface area contributed by atoms with Gasteiger partial charge in [0.2, 0.25) is 5.91 Å². The first-order valence-electron chi connectivity index (χ1n) is 10.6. The molecule has 2 N–H and O–H groups in total. The summed E-state index contributed by atoms with van der Waals surface area (Å²) in [6.07, 6.45) is 0. The van der Waals surface area contributed by atoms with Crippen molar-refractivity contribution in [1.29, 1.82) is 0 Å².